The standard InChI is InChI=1S/C11H24ClP/c1-10(2,3)13(9-7-8-12)11(4,5)6/h7-9H2,1-6H3. The summed E-state index contributed by atoms with van der Waals surface area (Å²) in [6, 6.07) is 0. The Balaban J connectivity index is 4.39. The Morgan fingerprint density at radius 3 is 1.54 bits per heavy atom. The van der Waals surface area contributed by atoms with E-state index < -0.39 is 0 Å². The normalized spacial score (nSPS) is 13.8. The van der Waals surface area contributed by atoms with Gasteiger partial charge >= 0.3 is 0 Å². The lowest BCUT2D eigenvalue weighted by Crippen LogP contribution is -2.26. The molecule has 0 nitrogen and oxygen atoms in total. The predicted octanol–water partition coefficient (Wildman–Crippen LogP) is 4.69. The second-order valence-corrected chi connectivity index (χ2v) is 9.90. The molecule has 0 N–H and O–H groups in total. The average molecular weight is 223 g/mol. The first-order chi connectivity index (χ1) is 5.69. The van der Waals surface area contributed by atoms with Crippen LogP contribution in [0.15, 0.2) is 0 Å². The van der Waals surface area contributed by atoms with Crippen molar-refractivity contribution >= 4 is 19.5 Å². The van der Waals surface area contributed by atoms with Crippen molar-refractivity contribution in [2.75, 3.05) is 12.0 Å². The van der Waals surface area contributed by atoms with E-state index in [4.69, 9.17) is 11.6 Å². The Labute approximate surface area is 90.2 Å². The summed E-state index contributed by atoms with van der Waals surface area (Å²) >= 11 is 5.76. The van der Waals surface area contributed by atoms with Crippen molar-refractivity contribution in [3.8, 4) is 0 Å². The Morgan fingerprint density at radius 1 is 0.923 bits per heavy atom. The molecule has 0 saturated carbocycles. The molecule has 0 aromatic heterocycles. The van der Waals surface area contributed by atoms with Crippen molar-refractivity contribution in [3.05, 3.63) is 0 Å². The second-order valence-electron chi connectivity index (χ2n) is 5.54. The summed E-state index contributed by atoms with van der Waals surface area (Å²) in [6.07, 6.45) is 2.48. The molecule has 0 amide bonds. The number of halogens is 1. The van der Waals surface area contributed by atoms with Gasteiger partial charge in [0.1, 0.15) is 0 Å². The highest BCUT2D eigenvalue weighted by atomic mass is 35.5. The Kier molecular flexibility index (Phi) is 5.26. The van der Waals surface area contributed by atoms with Crippen molar-refractivity contribution in [1.29, 1.82) is 0 Å². The number of rotatable bonds is 3. The minimum atomic E-state index is 0.0669. The molecule has 0 aliphatic rings. The van der Waals surface area contributed by atoms with Crippen LogP contribution in [-0.2, 0) is 0 Å². The van der Waals surface area contributed by atoms with Gasteiger partial charge in [-0.3, -0.25) is 0 Å². The zero-order valence-corrected chi connectivity index (χ0v) is 11.6. The molecule has 0 rings (SSSR count). The van der Waals surface area contributed by atoms with Crippen LogP contribution in [0, 0.1) is 0 Å². The molecule has 0 spiro atoms. The van der Waals surface area contributed by atoms with E-state index in [1.807, 2.05) is 0 Å². The van der Waals surface area contributed by atoms with Crippen LogP contribution in [0.4, 0.5) is 0 Å². The van der Waals surface area contributed by atoms with E-state index in [2.05, 4.69) is 41.5 Å². The third-order valence-corrected chi connectivity index (χ3v) is 6.40. The molecular weight excluding hydrogens is 199 g/mol. The van der Waals surface area contributed by atoms with Gasteiger partial charge in [-0.15, -0.1) is 11.6 Å². The van der Waals surface area contributed by atoms with Gasteiger partial charge in [-0.1, -0.05) is 49.5 Å². The molecule has 0 fully saturated rings. The summed E-state index contributed by atoms with van der Waals surface area (Å²) in [7, 11) is 0.0669. The molecule has 0 heterocycles. The van der Waals surface area contributed by atoms with E-state index in [0.717, 1.165) is 5.88 Å². The molecule has 2 heteroatoms. The van der Waals surface area contributed by atoms with Crippen LogP contribution in [-0.4, -0.2) is 22.4 Å². The van der Waals surface area contributed by atoms with Crippen LogP contribution in [0.2, 0.25) is 0 Å². The summed E-state index contributed by atoms with van der Waals surface area (Å²) in [6.45, 7) is 14.2. The van der Waals surface area contributed by atoms with Crippen LogP contribution in [0.25, 0.3) is 0 Å². The van der Waals surface area contributed by atoms with Gasteiger partial charge in [0, 0.05) is 5.88 Å². The SMILES string of the molecule is CC(C)(C)P(CCCCl)C(C)(C)C. The van der Waals surface area contributed by atoms with Gasteiger partial charge in [-0.25, -0.2) is 0 Å². The largest absolute Gasteiger partial charge is 0.127 e. The minimum absolute atomic E-state index is 0.0669. The van der Waals surface area contributed by atoms with E-state index in [-0.39, 0.29) is 7.92 Å². The maximum atomic E-state index is 5.76. The van der Waals surface area contributed by atoms with E-state index >= 15 is 0 Å². The minimum Gasteiger partial charge on any atom is -0.127 e. The number of hydrogen-bond donors (Lipinski definition) is 0. The Morgan fingerprint density at radius 2 is 1.31 bits per heavy atom. The fourth-order valence-corrected chi connectivity index (χ4v) is 6.04. The summed E-state index contributed by atoms with van der Waals surface area (Å²) in [5, 5.41) is 0.916. The molecule has 0 aromatic carbocycles. The van der Waals surface area contributed by atoms with Crippen molar-refractivity contribution in [3.63, 3.8) is 0 Å². The fourth-order valence-electron chi connectivity index (χ4n) is 1.89. The van der Waals surface area contributed by atoms with Crippen LogP contribution in [0.5, 0.6) is 0 Å². The van der Waals surface area contributed by atoms with E-state index in [9.17, 15) is 0 Å². The Bertz CT molecular complexity index is 127. The summed E-state index contributed by atoms with van der Waals surface area (Å²) in [5.74, 6) is 0.811. The van der Waals surface area contributed by atoms with Gasteiger partial charge in [0.25, 0.3) is 0 Å². The number of hydrogen-bond acceptors (Lipinski definition) is 0. The van der Waals surface area contributed by atoms with Crippen molar-refractivity contribution in [1.82, 2.24) is 0 Å². The third-order valence-electron chi connectivity index (χ3n) is 2.13. The van der Waals surface area contributed by atoms with E-state index in [0.29, 0.717) is 10.3 Å². The average Bonchev–Trinajstić information content (AvgIpc) is 1.81. The van der Waals surface area contributed by atoms with Crippen molar-refractivity contribution < 1.29 is 0 Å². The molecule has 0 radical (unpaired) electrons. The smallest absolute Gasteiger partial charge is 0.0226 e. The zero-order chi connectivity index (χ0) is 10.7. The molecule has 13 heavy (non-hydrogen) atoms. The van der Waals surface area contributed by atoms with E-state index in [1.54, 1.807) is 0 Å². The fraction of sp³-hybridized carbons (Fsp3) is 1.00. The lowest BCUT2D eigenvalue weighted by atomic mass is 10.2. The van der Waals surface area contributed by atoms with E-state index in [1.165, 1.54) is 12.6 Å². The van der Waals surface area contributed by atoms with Crippen LogP contribution < -0.4 is 0 Å². The Hall–Kier alpha value is 0.720. The van der Waals surface area contributed by atoms with Crippen LogP contribution in [0.3, 0.4) is 0 Å². The maximum absolute atomic E-state index is 5.76. The molecule has 80 valence electrons. The lowest BCUT2D eigenvalue weighted by molar-refractivity contribution is 0.701. The third kappa shape index (κ3) is 5.23. The first-order valence-electron chi connectivity index (χ1n) is 5.03. The molecule has 0 aliphatic carbocycles. The highest BCUT2D eigenvalue weighted by molar-refractivity contribution is 7.60. The van der Waals surface area contributed by atoms with Gasteiger partial charge in [-0.05, 0) is 22.9 Å². The molecular formula is C11H24ClP. The molecule has 0 bridgehead atoms. The summed E-state index contributed by atoms with van der Waals surface area (Å²) in [4.78, 5) is 0. The molecule has 0 atom stereocenters. The second kappa shape index (κ2) is 4.99. The molecule has 0 saturated heterocycles. The van der Waals surface area contributed by atoms with Crippen LogP contribution in [0.1, 0.15) is 48.0 Å². The quantitative estimate of drug-likeness (QED) is 0.480. The summed E-state index contributed by atoms with van der Waals surface area (Å²) in [5.41, 5.74) is 0. The monoisotopic (exact) mass is 222 g/mol. The summed E-state index contributed by atoms with van der Waals surface area (Å²) < 4.78 is 0. The predicted molar refractivity (Wildman–Crippen MR) is 66.6 cm³/mol. The van der Waals surface area contributed by atoms with Crippen molar-refractivity contribution in [2.24, 2.45) is 0 Å². The number of alkyl halides is 1. The van der Waals surface area contributed by atoms with Crippen LogP contribution >= 0.6 is 19.5 Å². The first kappa shape index (κ1) is 13.7. The highest BCUT2D eigenvalue weighted by Crippen LogP contribution is 2.59. The van der Waals surface area contributed by atoms with Gasteiger partial charge in [0.05, 0.1) is 0 Å². The molecule has 0 aromatic rings. The zero-order valence-electron chi connectivity index (χ0n) is 9.95. The van der Waals surface area contributed by atoms with Gasteiger partial charge in [0.2, 0.25) is 0 Å². The maximum Gasteiger partial charge on any atom is 0.0226 e. The van der Waals surface area contributed by atoms with Gasteiger partial charge in [0.15, 0.2) is 0 Å². The molecule has 0 unspecified atom stereocenters. The highest BCUT2D eigenvalue weighted by Gasteiger charge is 2.33. The van der Waals surface area contributed by atoms with Gasteiger partial charge < -0.3 is 0 Å². The van der Waals surface area contributed by atoms with Crippen molar-refractivity contribution in [2.45, 2.75) is 58.3 Å². The lowest BCUT2D eigenvalue weighted by Gasteiger charge is -2.41. The van der Waals surface area contributed by atoms with Gasteiger partial charge in [-0.2, -0.15) is 0 Å². The topological polar surface area (TPSA) is 0 Å². The molecule has 0 aliphatic heterocycles. The first-order valence-corrected chi connectivity index (χ1v) is 7.09.